The Morgan fingerprint density at radius 3 is 2.55 bits per heavy atom. The number of rotatable bonds is 5. The summed E-state index contributed by atoms with van der Waals surface area (Å²) in [6.07, 6.45) is 5.25. The highest BCUT2D eigenvalue weighted by atomic mass is 79.9. The molecule has 0 amide bonds. The third-order valence-corrected chi connectivity index (χ3v) is 5.02. The summed E-state index contributed by atoms with van der Waals surface area (Å²) in [6, 6.07) is 2.52. The van der Waals surface area contributed by atoms with Crippen LogP contribution in [0.2, 0.25) is 0 Å². The highest BCUT2D eigenvalue weighted by Crippen LogP contribution is 2.48. The first-order valence-electron chi connectivity index (χ1n) is 7.36. The monoisotopic (exact) mass is 345 g/mol. The maximum Gasteiger partial charge on any atom is 0.145 e. The first-order chi connectivity index (χ1) is 9.49. The van der Waals surface area contributed by atoms with Crippen LogP contribution in [0.25, 0.3) is 0 Å². The highest BCUT2D eigenvalue weighted by molar-refractivity contribution is 9.10. The number of hydrogen-bond donors (Lipinski definition) is 1. The number of halogens is 3. The van der Waals surface area contributed by atoms with E-state index >= 15 is 0 Å². The van der Waals surface area contributed by atoms with Gasteiger partial charge in [0.1, 0.15) is 11.6 Å². The molecule has 0 heterocycles. The molecule has 1 aliphatic carbocycles. The molecule has 0 spiro atoms. The van der Waals surface area contributed by atoms with Crippen LogP contribution in [-0.2, 0) is 0 Å². The molecule has 0 bridgehead atoms. The Kier molecular flexibility index (Phi) is 5.19. The summed E-state index contributed by atoms with van der Waals surface area (Å²) >= 11 is 3.17. The molecular formula is C16H22BrF2N. The summed E-state index contributed by atoms with van der Waals surface area (Å²) in [5, 5.41) is 3.38. The van der Waals surface area contributed by atoms with Gasteiger partial charge in [-0.2, -0.15) is 0 Å². The van der Waals surface area contributed by atoms with Crippen LogP contribution in [0.5, 0.6) is 0 Å². The Bertz CT molecular complexity index is 470. The van der Waals surface area contributed by atoms with Crippen LogP contribution in [-0.4, -0.2) is 6.54 Å². The topological polar surface area (TPSA) is 12.0 Å². The van der Waals surface area contributed by atoms with Gasteiger partial charge < -0.3 is 5.32 Å². The Hall–Kier alpha value is -0.480. The molecule has 1 unspecified atom stereocenters. The van der Waals surface area contributed by atoms with Gasteiger partial charge in [-0.25, -0.2) is 8.78 Å². The van der Waals surface area contributed by atoms with Crippen LogP contribution in [0.3, 0.4) is 0 Å². The Morgan fingerprint density at radius 1 is 1.30 bits per heavy atom. The van der Waals surface area contributed by atoms with Gasteiger partial charge in [-0.3, -0.25) is 0 Å². The van der Waals surface area contributed by atoms with Gasteiger partial charge in [0.05, 0.1) is 4.47 Å². The van der Waals surface area contributed by atoms with Crippen LogP contribution in [0.1, 0.15) is 57.6 Å². The van der Waals surface area contributed by atoms with Crippen molar-refractivity contribution in [2.24, 2.45) is 5.41 Å². The van der Waals surface area contributed by atoms with Crippen molar-refractivity contribution in [2.45, 2.75) is 52.0 Å². The number of benzene rings is 1. The summed E-state index contributed by atoms with van der Waals surface area (Å²) in [7, 11) is 0. The van der Waals surface area contributed by atoms with Gasteiger partial charge in [0.25, 0.3) is 0 Å². The fourth-order valence-electron chi connectivity index (χ4n) is 3.26. The van der Waals surface area contributed by atoms with Crippen molar-refractivity contribution in [1.29, 1.82) is 0 Å². The maximum atomic E-state index is 14.4. The van der Waals surface area contributed by atoms with Gasteiger partial charge in [0, 0.05) is 11.6 Å². The lowest BCUT2D eigenvalue weighted by Crippen LogP contribution is -2.36. The molecule has 1 aromatic rings. The van der Waals surface area contributed by atoms with E-state index in [0.29, 0.717) is 4.47 Å². The smallest absolute Gasteiger partial charge is 0.145 e. The lowest BCUT2D eigenvalue weighted by molar-refractivity contribution is 0.213. The summed E-state index contributed by atoms with van der Waals surface area (Å²) in [5.41, 5.74) is 0.120. The number of nitrogens with one attached hydrogen (secondary N) is 1. The van der Waals surface area contributed by atoms with Gasteiger partial charge in [-0.05, 0) is 59.3 Å². The SMILES string of the molecule is CCCNC(c1c(F)ccc(Br)c1F)C1(C)CCCC1. The Balaban J connectivity index is 2.43. The van der Waals surface area contributed by atoms with Crippen molar-refractivity contribution in [2.75, 3.05) is 6.54 Å². The molecule has 20 heavy (non-hydrogen) atoms. The second kappa shape index (κ2) is 6.52. The van der Waals surface area contributed by atoms with E-state index in [0.717, 1.165) is 38.6 Å². The lowest BCUT2D eigenvalue weighted by atomic mass is 9.77. The fraction of sp³-hybridized carbons (Fsp3) is 0.625. The first-order valence-corrected chi connectivity index (χ1v) is 8.15. The molecule has 112 valence electrons. The minimum Gasteiger partial charge on any atom is -0.309 e. The van der Waals surface area contributed by atoms with E-state index < -0.39 is 11.6 Å². The van der Waals surface area contributed by atoms with Crippen molar-refractivity contribution in [3.8, 4) is 0 Å². The van der Waals surface area contributed by atoms with Gasteiger partial charge >= 0.3 is 0 Å². The average Bonchev–Trinajstić information content (AvgIpc) is 2.86. The molecule has 4 heteroatoms. The van der Waals surface area contributed by atoms with E-state index in [-0.39, 0.29) is 17.0 Å². The molecule has 2 rings (SSSR count). The van der Waals surface area contributed by atoms with E-state index in [2.05, 4.69) is 35.1 Å². The second-order valence-electron chi connectivity index (χ2n) is 6.01. The molecule has 1 aromatic carbocycles. The second-order valence-corrected chi connectivity index (χ2v) is 6.86. The normalized spacial score (nSPS) is 19.2. The minimum atomic E-state index is -0.466. The standard InChI is InChI=1S/C16H22BrF2N/c1-3-10-20-15(16(2)8-4-5-9-16)13-12(18)7-6-11(17)14(13)19/h6-7,15,20H,3-5,8-10H2,1-2H3. The van der Waals surface area contributed by atoms with Crippen molar-refractivity contribution in [3.63, 3.8) is 0 Å². The quantitative estimate of drug-likeness (QED) is 0.709. The van der Waals surface area contributed by atoms with Gasteiger partial charge in [-0.1, -0.05) is 26.7 Å². The van der Waals surface area contributed by atoms with Crippen molar-refractivity contribution in [3.05, 3.63) is 33.8 Å². The van der Waals surface area contributed by atoms with Gasteiger partial charge in [0.15, 0.2) is 0 Å². The molecule has 0 aliphatic heterocycles. The summed E-state index contributed by atoms with van der Waals surface area (Å²) in [5.74, 6) is -0.917. The van der Waals surface area contributed by atoms with E-state index in [9.17, 15) is 8.78 Å². The first kappa shape index (κ1) is 15.9. The van der Waals surface area contributed by atoms with Crippen LogP contribution in [0.4, 0.5) is 8.78 Å². The fourth-order valence-corrected chi connectivity index (χ4v) is 3.61. The predicted octanol–water partition coefficient (Wildman–Crippen LogP) is 5.35. The molecule has 1 nitrogen and oxygen atoms in total. The molecule has 1 fully saturated rings. The minimum absolute atomic E-state index is 0.0718. The molecular weight excluding hydrogens is 324 g/mol. The largest absolute Gasteiger partial charge is 0.309 e. The third kappa shape index (κ3) is 3.06. The molecule has 1 atom stereocenters. The summed E-state index contributed by atoms with van der Waals surface area (Å²) < 4.78 is 29.0. The Labute approximate surface area is 128 Å². The molecule has 1 aliphatic rings. The molecule has 1 N–H and O–H groups in total. The van der Waals surface area contributed by atoms with Crippen molar-refractivity contribution >= 4 is 15.9 Å². The maximum absolute atomic E-state index is 14.4. The van der Waals surface area contributed by atoms with Crippen molar-refractivity contribution in [1.82, 2.24) is 5.32 Å². The van der Waals surface area contributed by atoms with E-state index in [4.69, 9.17) is 0 Å². The summed E-state index contributed by atoms with van der Waals surface area (Å²) in [4.78, 5) is 0. The lowest BCUT2D eigenvalue weighted by Gasteiger charge is -2.36. The predicted molar refractivity (Wildman–Crippen MR) is 81.7 cm³/mol. The zero-order valence-electron chi connectivity index (χ0n) is 12.1. The average molecular weight is 346 g/mol. The van der Waals surface area contributed by atoms with Crippen molar-refractivity contribution < 1.29 is 8.78 Å². The van der Waals surface area contributed by atoms with Gasteiger partial charge in [-0.15, -0.1) is 0 Å². The molecule has 0 saturated heterocycles. The van der Waals surface area contributed by atoms with Crippen LogP contribution >= 0.6 is 15.9 Å². The Morgan fingerprint density at radius 2 is 1.95 bits per heavy atom. The van der Waals surface area contributed by atoms with Crippen LogP contribution in [0.15, 0.2) is 16.6 Å². The van der Waals surface area contributed by atoms with E-state index in [1.165, 1.54) is 12.1 Å². The van der Waals surface area contributed by atoms with Gasteiger partial charge in [0.2, 0.25) is 0 Å². The zero-order chi connectivity index (χ0) is 14.8. The highest BCUT2D eigenvalue weighted by Gasteiger charge is 2.40. The van der Waals surface area contributed by atoms with Crippen LogP contribution in [0, 0.1) is 17.0 Å². The zero-order valence-corrected chi connectivity index (χ0v) is 13.7. The molecule has 0 aromatic heterocycles. The number of hydrogen-bond acceptors (Lipinski definition) is 1. The molecule has 1 saturated carbocycles. The third-order valence-electron chi connectivity index (χ3n) is 4.41. The van der Waals surface area contributed by atoms with E-state index in [1.54, 1.807) is 0 Å². The van der Waals surface area contributed by atoms with Crippen LogP contribution < -0.4 is 5.32 Å². The molecule has 0 radical (unpaired) electrons. The summed E-state index contributed by atoms with van der Waals surface area (Å²) in [6.45, 7) is 4.98. The van der Waals surface area contributed by atoms with E-state index in [1.807, 2.05) is 0 Å².